The molecule has 0 amide bonds. The molecule has 4 aromatic heterocycles. The number of hydrogen-bond acceptors (Lipinski definition) is 2. The van der Waals surface area contributed by atoms with E-state index in [0.717, 1.165) is 22.1 Å². The van der Waals surface area contributed by atoms with E-state index in [1.54, 1.807) is 0 Å². The van der Waals surface area contributed by atoms with E-state index in [2.05, 4.69) is 209 Å². The number of thiophene rings is 1. The maximum atomic E-state index is 5.28. The molecule has 9 aromatic carbocycles. The van der Waals surface area contributed by atoms with Crippen LogP contribution in [0.25, 0.3) is 119 Å². The topological polar surface area (TPSA) is 22.8 Å². The summed E-state index contributed by atoms with van der Waals surface area (Å²) in [4.78, 5) is 5.28. The van der Waals surface area contributed by atoms with Crippen molar-refractivity contribution in [2.45, 2.75) is 0 Å². The molecular weight excluding hydrogens is 735 g/mol. The fraction of sp³-hybridized carbons (Fsp3) is 0. The fourth-order valence-corrected chi connectivity index (χ4v) is 10.8. The van der Waals surface area contributed by atoms with Crippen LogP contribution in [0.1, 0.15) is 0 Å². The van der Waals surface area contributed by atoms with Gasteiger partial charge in [0, 0.05) is 42.7 Å². The zero-order valence-electron chi connectivity index (χ0n) is 31.8. The molecule has 0 radical (unpaired) electrons. The quantitative estimate of drug-likeness (QED) is 0.175. The lowest BCUT2D eigenvalue weighted by molar-refractivity contribution is 1.18. The predicted octanol–water partition coefficient (Wildman–Crippen LogP) is 15.3. The van der Waals surface area contributed by atoms with Crippen LogP contribution >= 0.6 is 11.3 Å². The van der Waals surface area contributed by atoms with Gasteiger partial charge in [-0.15, -0.1) is 11.3 Å². The highest BCUT2D eigenvalue weighted by molar-refractivity contribution is 7.26. The fourth-order valence-electron chi connectivity index (χ4n) is 9.61. The number of benzene rings is 9. The van der Waals surface area contributed by atoms with Gasteiger partial charge < -0.3 is 9.13 Å². The van der Waals surface area contributed by atoms with Gasteiger partial charge in [0.25, 0.3) is 0 Å². The maximum absolute atomic E-state index is 5.28. The lowest BCUT2D eigenvalue weighted by Gasteiger charge is -2.13. The second-order valence-electron chi connectivity index (χ2n) is 15.5. The number of pyridine rings is 1. The van der Waals surface area contributed by atoms with Crippen molar-refractivity contribution in [2.24, 2.45) is 0 Å². The molecule has 0 saturated heterocycles. The minimum Gasteiger partial charge on any atom is -0.309 e. The first-order valence-corrected chi connectivity index (χ1v) is 20.9. The molecule has 13 rings (SSSR count). The van der Waals surface area contributed by atoms with Crippen LogP contribution in [0.15, 0.2) is 200 Å². The van der Waals surface area contributed by atoms with Crippen molar-refractivity contribution in [1.29, 1.82) is 0 Å². The molecule has 0 unspecified atom stereocenters. The van der Waals surface area contributed by atoms with Crippen LogP contribution in [-0.2, 0) is 0 Å². The predicted molar refractivity (Wildman–Crippen MR) is 252 cm³/mol. The second-order valence-corrected chi connectivity index (χ2v) is 16.6. The van der Waals surface area contributed by atoms with Crippen LogP contribution in [-0.4, -0.2) is 14.1 Å². The number of rotatable bonds is 4. The summed E-state index contributed by atoms with van der Waals surface area (Å²) in [7, 11) is 0. The van der Waals surface area contributed by atoms with Crippen LogP contribution in [0.2, 0.25) is 0 Å². The average Bonchev–Trinajstić information content (AvgIpc) is 3.96. The van der Waals surface area contributed by atoms with Crippen molar-refractivity contribution in [3.63, 3.8) is 0 Å². The van der Waals surface area contributed by atoms with Crippen LogP contribution in [0.3, 0.4) is 0 Å². The Labute approximate surface area is 343 Å². The molecule has 274 valence electrons. The normalized spacial score (nSPS) is 12.1. The SMILES string of the molecule is c1ccc(-c2ccc(-n3c4ccccc4c4cc(-c5ccc6c(c5)c5c7ccccc7ccc5n6-c5c6ccccc6nc6c5sc5ccccc56)ccc43)cc2)cc1. The molecule has 0 N–H and O–H groups in total. The van der Waals surface area contributed by atoms with Crippen molar-refractivity contribution in [1.82, 2.24) is 14.1 Å². The molecule has 4 heteroatoms. The van der Waals surface area contributed by atoms with E-state index in [4.69, 9.17) is 4.98 Å². The summed E-state index contributed by atoms with van der Waals surface area (Å²) >= 11 is 1.84. The Hall–Kier alpha value is -7.53. The van der Waals surface area contributed by atoms with Crippen molar-refractivity contribution in [3.8, 4) is 33.6 Å². The zero-order chi connectivity index (χ0) is 38.6. The van der Waals surface area contributed by atoms with Crippen molar-refractivity contribution in [2.75, 3.05) is 0 Å². The molecule has 0 aliphatic heterocycles. The molecule has 4 heterocycles. The van der Waals surface area contributed by atoms with Gasteiger partial charge in [0.05, 0.1) is 43.5 Å². The molecule has 0 bridgehead atoms. The molecule has 0 saturated carbocycles. The van der Waals surface area contributed by atoms with Crippen LogP contribution in [0, 0.1) is 0 Å². The highest BCUT2D eigenvalue weighted by Crippen LogP contribution is 2.45. The van der Waals surface area contributed by atoms with Crippen molar-refractivity contribution < 1.29 is 0 Å². The third kappa shape index (κ3) is 4.78. The standard InChI is InChI=1S/C55H33N3S/c1-2-12-34(13-3-1)35-22-27-39(28-23-35)57-47-20-10-7-16-41(47)44-32-37(25-29-48(44)57)38-26-30-49-45(33-38)52-40-15-5-4-14-36(40)24-31-50(52)58(49)54-42-17-6-9-19-46(42)56-53-43-18-8-11-21-51(43)59-55(53)54/h1-33H. The Kier molecular flexibility index (Phi) is 6.89. The monoisotopic (exact) mass is 767 g/mol. The van der Waals surface area contributed by atoms with E-state index in [1.165, 1.54) is 97.1 Å². The Morgan fingerprint density at radius 1 is 0.373 bits per heavy atom. The Morgan fingerprint density at radius 2 is 0.966 bits per heavy atom. The van der Waals surface area contributed by atoms with Crippen molar-refractivity contribution in [3.05, 3.63) is 200 Å². The van der Waals surface area contributed by atoms with Gasteiger partial charge in [-0.05, 0) is 93.7 Å². The van der Waals surface area contributed by atoms with E-state index < -0.39 is 0 Å². The molecule has 0 fully saturated rings. The molecule has 59 heavy (non-hydrogen) atoms. The summed E-state index contributed by atoms with van der Waals surface area (Å²) in [5, 5.41) is 9.85. The van der Waals surface area contributed by atoms with E-state index in [-0.39, 0.29) is 0 Å². The van der Waals surface area contributed by atoms with Gasteiger partial charge in [-0.25, -0.2) is 4.98 Å². The summed E-state index contributed by atoms with van der Waals surface area (Å²) in [6.45, 7) is 0. The third-order valence-electron chi connectivity index (χ3n) is 12.3. The molecule has 0 spiro atoms. The van der Waals surface area contributed by atoms with Gasteiger partial charge in [-0.2, -0.15) is 0 Å². The van der Waals surface area contributed by atoms with Crippen LogP contribution < -0.4 is 0 Å². The van der Waals surface area contributed by atoms with Gasteiger partial charge >= 0.3 is 0 Å². The average molecular weight is 768 g/mol. The number of nitrogens with zero attached hydrogens (tertiary/aromatic N) is 3. The number of para-hydroxylation sites is 2. The minimum atomic E-state index is 1.01. The molecule has 0 atom stereocenters. The van der Waals surface area contributed by atoms with Crippen LogP contribution in [0.5, 0.6) is 0 Å². The lowest BCUT2D eigenvalue weighted by atomic mass is 9.99. The first-order valence-electron chi connectivity index (χ1n) is 20.1. The first kappa shape index (κ1) is 32.5. The molecule has 0 aliphatic carbocycles. The summed E-state index contributed by atoms with van der Waals surface area (Å²) in [5.74, 6) is 0. The molecular formula is C55H33N3S. The van der Waals surface area contributed by atoms with Crippen molar-refractivity contribution >= 4 is 96.9 Å². The Bertz CT molecular complexity index is 3830. The van der Waals surface area contributed by atoms with Crippen LogP contribution in [0.4, 0.5) is 0 Å². The Balaban J connectivity index is 1.05. The zero-order valence-corrected chi connectivity index (χ0v) is 32.6. The molecule has 0 aliphatic rings. The number of hydrogen-bond donors (Lipinski definition) is 0. The van der Waals surface area contributed by atoms with Gasteiger partial charge in [0.1, 0.15) is 0 Å². The summed E-state index contributed by atoms with van der Waals surface area (Å²) in [5.41, 5.74) is 14.0. The smallest absolute Gasteiger partial charge is 0.0917 e. The Morgan fingerprint density at radius 3 is 1.80 bits per heavy atom. The number of fused-ring (bicyclic) bond motifs is 12. The van der Waals surface area contributed by atoms with Gasteiger partial charge in [-0.3, -0.25) is 0 Å². The molecule has 3 nitrogen and oxygen atoms in total. The summed E-state index contributed by atoms with van der Waals surface area (Å²) in [6, 6.07) is 73.1. The van der Waals surface area contributed by atoms with Gasteiger partial charge in [-0.1, -0.05) is 140 Å². The lowest BCUT2D eigenvalue weighted by Crippen LogP contribution is -1.97. The third-order valence-corrected chi connectivity index (χ3v) is 13.5. The van der Waals surface area contributed by atoms with E-state index in [0.29, 0.717) is 0 Å². The number of aromatic nitrogens is 3. The summed E-state index contributed by atoms with van der Waals surface area (Å²) in [6.07, 6.45) is 0. The first-order chi connectivity index (χ1) is 29.3. The van der Waals surface area contributed by atoms with E-state index >= 15 is 0 Å². The van der Waals surface area contributed by atoms with Gasteiger partial charge in [0.2, 0.25) is 0 Å². The van der Waals surface area contributed by atoms with E-state index in [1.807, 2.05) is 11.3 Å². The molecule has 13 aromatic rings. The minimum absolute atomic E-state index is 1.01. The summed E-state index contributed by atoms with van der Waals surface area (Å²) < 4.78 is 7.38. The second kappa shape index (κ2) is 12.5. The largest absolute Gasteiger partial charge is 0.309 e. The maximum Gasteiger partial charge on any atom is 0.0917 e. The highest BCUT2D eigenvalue weighted by Gasteiger charge is 2.22. The van der Waals surface area contributed by atoms with Gasteiger partial charge in [0.15, 0.2) is 0 Å². The van der Waals surface area contributed by atoms with E-state index in [9.17, 15) is 0 Å². The highest BCUT2D eigenvalue weighted by atomic mass is 32.1.